The second kappa shape index (κ2) is 14.6. The largest absolute Gasteiger partial charge is 1.00 e. The van der Waals surface area contributed by atoms with E-state index < -0.39 is 0 Å². The van der Waals surface area contributed by atoms with E-state index in [-0.39, 0.29) is 30.1 Å². The molecular weight excluding hydrogens is 361 g/mol. The Balaban J connectivity index is 0. The van der Waals surface area contributed by atoms with E-state index in [1.165, 1.54) is 57.8 Å². The first kappa shape index (κ1) is 22.9. The lowest BCUT2D eigenvalue weighted by molar-refractivity contribution is -0.870. The van der Waals surface area contributed by atoms with E-state index in [9.17, 15) is 5.11 Å². The molecule has 0 saturated carbocycles. The van der Waals surface area contributed by atoms with Gasteiger partial charge in [-0.15, -0.1) is 0 Å². The predicted octanol–water partition coefficient (Wildman–Crippen LogP) is 1.37. The van der Waals surface area contributed by atoms with Gasteiger partial charge < -0.3 is 33.6 Å². The van der Waals surface area contributed by atoms with Gasteiger partial charge in [-0.05, 0) is 6.42 Å². The van der Waals surface area contributed by atoms with Gasteiger partial charge in [0.15, 0.2) is 0 Å². The maximum Gasteiger partial charge on any atom is 0.0805 e. The van der Waals surface area contributed by atoms with Gasteiger partial charge in [0.2, 0.25) is 0 Å². The zero-order chi connectivity index (χ0) is 14.6. The minimum atomic E-state index is -0.0816. The molecule has 3 heteroatoms. The van der Waals surface area contributed by atoms with Crippen LogP contribution in [0.3, 0.4) is 0 Å². The molecule has 1 unspecified atom stereocenters. The highest BCUT2D eigenvalue weighted by Crippen LogP contribution is 2.12. The molecule has 0 saturated heterocycles. The van der Waals surface area contributed by atoms with Crippen LogP contribution in [0.15, 0.2) is 0 Å². The van der Waals surface area contributed by atoms with Crippen LogP contribution in [0.5, 0.6) is 0 Å². The summed E-state index contributed by atoms with van der Waals surface area (Å²) in [5.41, 5.74) is 0. The number of unbranched alkanes of at least 4 members (excludes halogenated alkanes) is 8. The molecule has 0 aliphatic rings. The average Bonchev–Trinajstić information content (AvgIpc) is 2.33. The summed E-state index contributed by atoms with van der Waals surface area (Å²) < 4.78 is 0.953. The van der Waals surface area contributed by atoms with E-state index in [0.717, 1.165) is 23.9 Å². The monoisotopic (exact) mass is 399 g/mol. The summed E-state index contributed by atoms with van der Waals surface area (Å²) in [5.74, 6) is 0. The first-order valence-electron chi connectivity index (χ1n) is 8.44. The van der Waals surface area contributed by atoms with E-state index >= 15 is 0 Å². The smallest absolute Gasteiger partial charge is 0.0805 e. The van der Waals surface area contributed by atoms with Gasteiger partial charge in [-0.3, -0.25) is 0 Å². The highest BCUT2D eigenvalue weighted by molar-refractivity contribution is 4.56. The average molecular weight is 399 g/mol. The SMILES string of the molecule is CCCCCCCCCCCC(O)CC[N+](C)(C)C.[I-]. The molecule has 1 N–H and O–H groups in total. The van der Waals surface area contributed by atoms with Gasteiger partial charge in [0, 0.05) is 6.42 Å². The molecular formula is C17H38INO. The van der Waals surface area contributed by atoms with Crippen LogP contribution in [0.1, 0.15) is 77.6 Å². The second-order valence-electron chi connectivity index (χ2n) is 7.07. The van der Waals surface area contributed by atoms with Gasteiger partial charge in [-0.25, -0.2) is 0 Å². The Labute approximate surface area is 144 Å². The molecule has 1 atom stereocenters. The van der Waals surface area contributed by atoms with Crippen molar-refractivity contribution in [2.75, 3.05) is 27.7 Å². The first-order chi connectivity index (χ1) is 8.95. The topological polar surface area (TPSA) is 20.2 Å². The van der Waals surface area contributed by atoms with E-state index in [1.807, 2.05) is 0 Å². The van der Waals surface area contributed by atoms with E-state index in [0.29, 0.717) is 0 Å². The van der Waals surface area contributed by atoms with Crippen LogP contribution in [-0.2, 0) is 0 Å². The van der Waals surface area contributed by atoms with Crippen LogP contribution in [0.4, 0.5) is 0 Å². The van der Waals surface area contributed by atoms with Crippen LogP contribution in [0, 0.1) is 0 Å². The third kappa shape index (κ3) is 18.7. The van der Waals surface area contributed by atoms with E-state index in [4.69, 9.17) is 0 Å². The molecule has 0 heterocycles. The Hall–Kier alpha value is 0.650. The second-order valence-corrected chi connectivity index (χ2v) is 7.07. The Kier molecular flexibility index (Phi) is 16.7. The van der Waals surface area contributed by atoms with Crippen molar-refractivity contribution in [1.29, 1.82) is 0 Å². The summed E-state index contributed by atoms with van der Waals surface area (Å²) in [5, 5.41) is 9.90. The number of quaternary nitrogens is 1. The summed E-state index contributed by atoms with van der Waals surface area (Å²) in [6.45, 7) is 3.34. The Morgan fingerprint density at radius 2 is 1.20 bits per heavy atom. The van der Waals surface area contributed by atoms with Crippen molar-refractivity contribution in [3.8, 4) is 0 Å². The maximum atomic E-state index is 9.90. The number of hydrogen-bond donors (Lipinski definition) is 1. The van der Waals surface area contributed by atoms with Gasteiger partial charge in [0.1, 0.15) is 0 Å². The molecule has 0 radical (unpaired) electrons. The van der Waals surface area contributed by atoms with Crippen LogP contribution >= 0.6 is 0 Å². The van der Waals surface area contributed by atoms with Crippen LogP contribution in [0.2, 0.25) is 0 Å². The Morgan fingerprint density at radius 1 is 0.750 bits per heavy atom. The lowest BCUT2D eigenvalue weighted by atomic mass is 10.0. The van der Waals surface area contributed by atoms with Gasteiger partial charge in [0.05, 0.1) is 33.8 Å². The lowest BCUT2D eigenvalue weighted by Crippen LogP contribution is -3.00. The summed E-state index contributed by atoms with van der Waals surface area (Å²) in [6, 6.07) is 0. The molecule has 124 valence electrons. The van der Waals surface area contributed by atoms with Crippen LogP contribution < -0.4 is 24.0 Å². The summed E-state index contributed by atoms with van der Waals surface area (Å²) in [7, 11) is 6.56. The van der Waals surface area contributed by atoms with Crippen molar-refractivity contribution in [3.05, 3.63) is 0 Å². The zero-order valence-corrected chi connectivity index (χ0v) is 16.5. The molecule has 0 rings (SSSR count). The maximum absolute atomic E-state index is 9.90. The lowest BCUT2D eigenvalue weighted by Gasteiger charge is -2.25. The van der Waals surface area contributed by atoms with Crippen molar-refractivity contribution >= 4 is 0 Å². The fourth-order valence-corrected chi connectivity index (χ4v) is 2.37. The predicted molar refractivity (Wildman–Crippen MR) is 85.4 cm³/mol. The highest BCUT2D eigenvalue weighted by Gasteiger charge is 2.11. The molecule has 0 aromatic heterocycles. The van der Waals surface area contributed by atoms with Crippen molar-refractivity contribution in [2.45, 2.75) is 83.7 Å². The molecule has 0 aromatic rings. The summed E-state index contributed by atoms with van der Waals surface area (Å²) in [6.07, 6.45) is 14.1. The molecule has 0 aliphatic carbocycles. The fourth-order valence-electron chi connectivity index (χ4n) is 2.37. The number of rotatable bonds is 13. The standard InChI is InChI=1S/C17H38NO.HI/c1-5-6-7-8-9-10-11-12-13-14-17(19)15-16-18(2,3)4;/h17,19H,5-16H2,1-4H3;1H/q+1;/p-1. The molecule has 0 aliphatic heterocycles. The van der Waals surface area contributed by atoms with Gasteiger partial charge >= 0.3 is 0 Å². The number of aliphatic hydroxyl groups excluding tert-OH is 1. The minimum Gasteiger partial charge on any atom is -1.00 e. The van der Waals surface area contributed by atoms with Gasteiger partial charge in [-0.1, -0.05) is 64.7 Å². The molecule has 0 fully saturated rings. The molecule has 2 nitrogen and oxygen atoms in total. The number of aliphatic hydroxyl groups is 1. The normalized spacial score (nSPS) is 13.1. The Bertz CT molecular complexity index is 192. The van der Waals surface area contributed by atoms with E-state index in [2.05, 4.69) is 28.1 Å². The molecule has 0 bridgehead atoms. The van der Waals surface area contributed by atoms with Crippen LogP contribution in [0.25, 0.3) is 0 Å². The molecule has 20 heavy (non-hydrogen) atoms. The number of hydrogen-bond acceptors (Lipinski definition) is 1. The third-order valence-corrected chi connectivity index (χ3v) is 3.77. The summed E-state index contributed by atoms with van der Waals surface area (Å²) in [4.78, 5) is 0. The summed E-state index contributed by atoms with van der Waals surface area (Å²) >= 11 is 0. The van der Waals surface area contributed by atoms with E-state index in [1.54, 1.807) is 0 Å². The molecule has 0 aromatic carbocycles. The fraction of sp³-hybridized carbons (Fsp3) is 1.00. The third-order valence-electron chi connectivity index (χ3n) is 3.77. The van der Waals surface area contributed by atoms with Crippen LogP contribution in [-0.4, -0.2) is 43.4 Å². The van der Waals surface area contributed by atoms with Crippen molar-refractivity contribution in [2.24, 2.45) is 0 Å². The molecule has 0 amide bonds. The highest BCUT2D eigenvalue weighted by atomic mass is 127. The van der Waals surface area contributed by atoms with Gasteiger partial charge in [-0.2, -0.15) is 0 Å². The molecule has 0 spiro atoms. The van der Waals surface area contributed by atoms with Crippen molar-refractivity contribution in [3.63, 3.8) is 0 Å². The Morgan fingerprint density at radius 3 is 1.65 bits per heavy atom. The quantitative estimate of drug-likeness (QED) is 0.282. The number of nitrogens with zero attached hydrogens (tertiary/aromatic N) is 1. The van der Waals surface area contributed by atoms with Crippen molar-refractivity contribution in [1.82, 2.24) is 0 Å². The first-order valence-corrected chi connectivity index (χ1v) is 8.44. The van der Waals surface area contributed by atoms with Gasteiger partial charge in [0.25, 0.3) is 0 Å². The number of halogens is 1. The zero-order valence-electron chi connectivity index (χ0n) is 14.3. The minimum absolute atomic E-state index is 0. The van der Waals surface area contributed by atoms with Crippen molar-refractivity contribution < 1.29 is 33.6 Å².